The molecule has 0 bridgehead atoms. The Kier molecular flexibility index (Phi) is 7.13. The molecule has 0 aromatic heterocycles. The van der Waals surface area contributed by atoms with Gasteiger partial charge < -0.3 is 34.6 Å². The van der Waals surface area contributed by atoms with Gasteiger partial charge >= 0.3 is 0 Å². The summed E-state index contributed by atoms with van der Waals surface area (Å²) >= 11 is 6.40. The lowest BCUT2D eigenvalue weighted by Gasteiger charge is -2.40. The van der Waals surface area contributed by atoms with Gasteiger partial charge in [0.2, 0.25) is 0 Å². The maximum Gasteiger partial charge on any atom is 0.124 e. The van der Waals surface area contributed by atoms with Crippen molar-refractivity contribution in [1.29, 1.82) is 0 Å². The lowest BCUT2D eigenvalue weighted by molar-refractivity contribution is -0.231. The van der Waals surface area contributed by atoms with Gasteiger partial charge in [0.25, 0.3) is 0 Å². The van der Waals surface area contributed by atoms with Gasteiger partial charge in [-0.05, 0) is 41.3 Å². The summed E-state index contributed by atoms with van der Waals surface area (Å²) in [6.45, 7) is 0.872. The second kappa shape index (κ2) is 9.83. The van der Waals surface area contributed by atoms with Crippen LogP contribution in [0.15, 0.2) is 42.5 Å². The van der Waals surface area contributed by atoms with E-state index in [9.17, 15) is 20.4 Å². The van der Waals surface area contributed by atoms with E-state index in [0.29, 0.717) is 23.6 Å². The van der Waals surface area contributed by atoms with Crippen LogP contribution in [0.5, 0.6) is 5.75 Å². The highest BCUT2D eigenvalue weighted by Crippen LogP contribution is 2.34. The van der Waals surface area contributed by atoms with E-state index in [1.165, 1.54) is 0 Å². The van der Waals surface area contributed by atoms with Crippen molar-refractivity contribution in [1.82, 2.24) is 0 Å². The van der Waals surface area contributed by atoms with E-state index >= 15 is 0 Å². The predicted octanol–water partition coefficient (Wildman–Crippen LogP) is 1.61. The quantitative estimate of drug-likeness (QED) is 0.529. The molecule has 168 valence electrons. The summed E-state index contributed by atoms with van der Waals surface area (Å²) in [6, 6.07) is 13.0. The van der Waals surface area contributed by atoms with Crippen molar-refractivity contribution in [2.45, 2.75) is 49.5 Å². The average molecular weight is 451 g/mol. The largest absolute Gasteiger partial charge is 0.488 e. The average Bonchev–Trinajstić information content (AvgIpc) is 3.28. The Labute approximate surface area is 185 Å². The molecule has 0 spiro atoms. The van der Waals surface area contributed by atoms with Gasteiger partial charge in [-0.15, -0.1) is 0 Å². The maximum absolute atomic E-state index is 10.4. The van der Waals surface area contributed by atoms with Gasteiger partial charge in [0, 0.05) is 11.4 Å². The van der Waals surface area contributed by atoms with E-state index < -0.39 is 37.1 Å². The van der Waals surface area contributed by atoms with Gasteiger partial charge in [-0.3, -0.25) is 0 Å². The Morgan fingerprint density at radius 1 is 1.00 bits per heavy atom. The predicted molar refractivity (Wildman–Crippen MR) is 113 cm³/mol. The molecule has 2 aromatic carbocycles. The van der Waals surface area contributed by atoms with Crippen LogP contribution in [0, 0.1) is 0 Å². The fraction of sp³-hybridized carbons (Fsp3) is 0.478. The monoisotopic (exact) mass is 450 g/mol. The van der Waals surface area contributed by atoms with Crippen LogP contribution in [-0.4, -0.2) is 70.8 Å². The minimum absolute atomic E-state index is 0.0931. The van der Waals surface area contributed by atoms with E-state index in [-0.39, 0.29) is 6.10 Å². The molecule has 2 aromatic rings. The van der Waals surface area contributed by atoms with Crippen molar-refractivity contribution in [3.05, 3.63) is 64.2 Å². The van der Waals surface area contributed by atoms with E-state index in [4.69, 9.17) is 25.8 Å². The molecule has 4 N–H and O–H groups in total. The molecular weight excluding hydrogens is 424 g/mol. The van der Waals surface area contributed by atoms with Crippen molar-refractivity contribution < 1.29 is 34.6 Å². The van der Waals surface area contributed by atoms with Crippen molar-refractivity contribution in [3.63, 3.8) is 0 Å². The molecule has 0 aliphatic carbocycles. The van der Waals surface area contributed by atoms with Gasteiger partial charge in [0.15, 0.2) is 0 Å². The Bertz CT molecular complexity index is 867. The second-order valence-corrected chi connectivity index (χ2v) is 8.43. The van der Waals surface area contributed by atoms with Crippen LogP contribution < -0.4 is 4.74 Å². The molecule has 0 saturated carbocycles. The normalized spacial score (nSPS) is 31.0. The molecule has 31 heavy (non-hydrogen) atoms. The van der Waals surface area contributed by atoms with Gasteiger partial charge in [-0.2, -0.15) is 0 Å². The minimum Gasteiger partial charge on any atom is -0.488 e. The number of benzene rings is 2. The van der Waals surface area contributed by atoms with Gasteiger partial charge in [0.05, 0.1) is 19.8 Å². The van der Waals surface area contributed by atoms with E-state index in [1.807, 2.05) is 30.3 Å². The Balaban J connectivity index is 1.49. The smallest absolute Gasteiger partial charge is 0.124 e. The van der Waals surface area contributed by atoms with Crippen LogP contribution >= 0.6 is 11.6 Å². The summed E-state index contributed by atoms with van der Waals surface area (Å²) in [5, 5.41) is 40.5. The van der Waals surface area contributed by atoms with Crippen molar-refractivity contribution in [2.75, 3.05) is 19.8 Å². The number of rotatable bonds is 6. The number of ether oxygens (including phenoxy) is 3. The number of hydrogen-bond acceptors (Lipinski definition) is 7. The number of aliphatic hydroxyl groups excluding tert-OH is 4. The van der Waals surface area contributed by atoms with Gasteiger partial charge in [0.1, 0.15) is 42.4 Å². The molecule has 0 amide bonds. The van der Waals surface area contributed by atoms with Crippen LogP contribution in [0.1, 0.15) is 29.2 Å². The van der Waals surface area contributed by atoms with Crippen molar-refractivity contribution in [3.8, 4) is 5.75 Å². The lowest BCUT2D eigenvalue weighted by Crippen LogP contribution is -2.55. The molecule has 2 aliphatic heterocycles. The van der Waals surface area contributed by atoms with E-state index in [0.717, 1.165) is 29.9 Å². The summed E-state index contributed by atoms with van der Waals surface area (Å²) in [4.78, 5) is 0. The summed E-state index contributed by atoms with van der Waals surface area (Å²) in [5.74, 6) is 0.792. The molecular formula is C23H27ClO7. The zero-order chi connectivity index (χ0) is 22.0. The second-order valence-electron chi connectivity index (χ2n) is 8.02. The minimum atomic E-state index is -1.42. The number of halogens is 1. The summed E-state index contributed by atoms with van der Waals surface area (Å²) in [5.41, 5.74) is 2.47. The molecule has 2 saturated heterocycles. The van der Waals surface area contributed by atoms with Crippen LogP contribution in [0.25, 0.3) is 0 Å². The number of aliphatic hydroxyl groups is 4. The Hall–Kier alpha value is -1.71. The molecule has 7 nitrogen and oxygen atoms in total. The molecule has 4 rings (SSSR count). The highest BCUT2D eigenvalue weighted by atomic mass is 35.5. The first-order valence-corrected chi connectivity index (χ1v) is 10.8. The van der Waals surface area contributed by atoms with Crippen LogP contribution in [0.4, 0.5) is 0 Å². The summed E-state index contributed by atoms with van der Waals surface area (Å²) < 4.78 is 16.9. The molecule has 6 atom stereocenters. The number of hydrogen-bond donors (Lipinski definition) is 4. The molecule has 2 aliphatic rings. The molecule has 2 heterocycles. The van der Waals surface area contributed by atoms with E-state index in [1.54, 1.807) is 12.1 Å². The Morgan fingerprint density at radius 2 is 1.77 bits per heavy atom. The van der Waals surface area contributed by atoms with Gasteiger partial charge in [-0.1, -0.05) is 35.9 Å². The zero-order valence-electron chi connectivity index (χ0n) is 16.9. The first-order chi connectivity index (χ1) is 15.0. The Morgan fingerprint density at radius 3 is 2.45 bits per heavy atom. The molecule has 0 unspecified atom stereocenters. The van der Waals surface area contributed by atoms with Crippen molar-refractivity contribution >= 4 is 11.6 Å². The third kappa shape index (κ3) is 5.04. The van der Waals surface area contributed by atoms with Crippen LogP contribution in [0.3, 0.4) is 0 Å². The van der Waals surface area contributed by atoms with Gasteiger partial charge in [-0.25, -0.2) is 0 Å². The SMILES string of the molecule is OC[C@H]1O[C@@H](c2ccc(Cl)c(Cc3ccc(O[C@@H]4CCOC4)cc3)c2)[C@H](O)[C@@H](O)[C@@H]1O. The topological polar surface area (TPSA) is 109 Å². The first-order valence-electron chi connectivity index (χ1n) is 10.4. The molecule has 2 fully saturated rings. The zero-order valence-corrected chi connectivity index (χ0v) is 17.7. The fourth-order valence-corrected chi connectivity index (χ4v) is 4.17. The third-order valence-electron chi connectivity index (χ3n) is 5.80. The molecule has 0 radical (unpaired) electrons. The van der Waals surface area contributed by atoms with Crippen molar-refractivity contribution in [2.24, 2.45) is 0 Å². The van der Waals surface area contributed by atoms with Crippen LogP contribution in [-0.2, 0) is 15.9 Å². The lowest BCUT2D eigenvalue weighted by atomic mass is 9.90. The molecule has 8 heteroatoms. The standard InChI is InChI=1S/C23H27ClO7/c24-18-6-3-14(23-22(28)21(27)20(26)19(11-25)31-23)10-15(18)9-13-1-4-16(5-2-13)30-17-7-8-29-12-17/h1-6,10,17,19-23,25-28H,7-9,11-12H2/t17-,19-,20-,21+,22-,23+/m1/s1. The highest BCUT2D eigenvalue weighted by molar-refractivity contribution is 6.31. The first kappa shape index (κ1) is 22.5. The fourth-order valence-electron chi connectivity index (χ4n) is 3.99. The summed E-state index contributed by atoms with van der Waals surface area (Å²) in [7, 11) is 0. The third-order valence-corrected chi connectivity index (χ3v) is 6.17. The summed E-state index contributed by atoms with van der Waals surface area (Å²) in [6.07, 6.45) is -4.46. The van der Waals surface area contributed by atoms with E-state index in [2.05, 4.69) is 0 Å². The maximum atomic E-state index is 10.4. The highest BCUT2D eigenvalue weighted by Gasteiger charge is 2.44. The van der Waals surface area contributed by atoms with Crippen LogP contribution in [0.2, 0.25) is 5.02 Å².